The zero-order chi connectivity index (χ0) is 13.4. The summed E-state index contributed by atoms with van der Waals surface area (Å²) in [5, 5.41) is 0. The molecule has 0 aliphatic heterocycles. The monoisotopic (exact) mass is 333 g/mol. The van der Waals surface area contributed by atoms with Crippen LogP contribution in [0.25, 0.3) is 5.78 Å². The second-order valence-corrected chi connectivity index (χ2v) is 4.69. The summed E-state index contributed by atoms with van der Waals surface area (Å²) in [5.74, 6) is 1.46. The third kappa shape index (κ3) is 2.65. The minimum atomic E-state index is 0. The standard InChI is InChI=1S/C14H15N5.BrH/c1-10-7-11(2)19-9-12(17-14(19)16-10)8-18-6-4-3-5-13(18)15;/h3-7,9,15H,8H2,1-2H3;1H. The quantitative estimate of drug-likeness (QED) is 0.567. The van der Waals surface area contributed by atoms with Crippen molar-refractivity contribution in [2.24, 2.45) is 0 Å². The first-order valence-electron chi connectivity index (χ1n) is 6.19. The molecule has 104 valence electrons. The molecule has 0 amide bonds. The van der Waals surface area contributed by atoms with Crippen LogP contribution in [0.2, 0.25) is 0 Å². The highest BCUT2D eigenvalue weighted by Gasteiger charge is 2.09. The predicted octanol–water partition coefficient (Wildman–Crippen LogP) is -1.73. The first kappa shape index (κ1) is 14.5. The molecule has 3 heterocycles. The Morgan fingerprint density at radius 1 is 1.25 bits per heavy atom. The first-order chi connectivity index (χ1) is 9.13. The Bertz CT molecular complexity index is 750. The van der Waals surface area contributed by atoms with Gasteiger partial charge in [-0.15, -0.1) is 0 Å². The Morgan fingerprint density at radius 3 is 2.80 bits per heavy atom. The number of hydrogen-bond acceptors (Lipinski definition) is 3. The number of nitrogens with two attached hydrogens (primary N) is 1. The van der Waals surface area contributed by atoms with Crippen LogP contribution in [0, 0.1) is 13.8 Å². The van der Waals surface area contributed by atoms with Gasteiger partial charge >= 0.3 is 0 Å². The van der Waals surface area contributed by atoms with E-state index in [0.717, 1.165) is 28.7 Å². The molecule has 5 nitrogen and oxygen atoms in total. The van der Waals surface area contributed by atoms with Gasteiger partial charge in [0.25, 0.3) is 5.82 Å². The molecule has 0 aromatic carbocycles. The van der Waals surface area contributed by atoms with Gasteiger partial charge in [0.2, 0.25) is 5.78 Å². The molecule has 0 unspecified atom stereocenters. The molecule has 0 radical (unpaired) electrons. The van der Waals surface area contributed by atoms with Gasteiger partial charge in [0.05, 0.1) is 6.20 Å². The summed E-state index contributed by atoms with van der Waals surface area (Å²) in [6, 6.07) is 7.80. The van der Waals surface area contributed by atoms with Crippen molar-refractivity contribution < 1.29 is 21.5 Å². The van der Waals surface area contributed by atoms with E-state index < -0.39 is 0 Å². The fourth-order valence-electron chi connectivity index (χ4n) is 2.20. The molecule has 3 aromatic rings. The van der Waals surface area contributed by atoms with Gasteiger partial charge in [-0.05, 0) is 26.0 Å². The van der Waals surface area contributed by atoms with E-state index in [9.17, 15) is 0 Å². The number of pyridine rings is 1. The summed E-state index contributed by atoms with van der Waals surface area (Å²) in [7, 11) is 0. The number of anilines is 1. The van der Waals surface area contributed by atoms with E-state index in [1.165, 1.54) is 0 Å². The Balaban J connectivity index is 0.00000147. The zero-order valence-electron chi connectivity index (χ0n) is 11.4. The van der Waals surface area contributed by atoms with E-state index in [0.29, 0.717) is 6.54 Å². The second-order valence-electron chi connectivity index (χ2n) is 4.69. The molecule has 0 saturated heterocycles. The van der Waals surface area contributed by atoms with E-state index in [1.807, 2.05) is 52.6 Å². The summed E-state index contributed by atoms with van der Waals surface area (Å²) < 4.78 is 3.96. The summed E-state index contributed by atoms with van der Waals surface area (Å²) >= 11 is 0. The van der Waals surface area contributed by atoms with Crippen LogP contribution in [0.1, 0.15) is 17.1 Å². The van der Waals surface area contributed by atoms with Crippen LogP contribution in [-0.4, -0.2) is 14.4 Å². The molecule has 20 heavy (non-hydrogen) atoms. The van der Waals surface area contributed by atoms with Crippen LogP contribution in [0.5, 0.6) is 0 Å². The average molecular weight is 334 g/mol. The maximum absolute atomic E-state index is 5.93. The molecule has 2 N–H and O–H groups in total. The summed E-state index contributed by atoms with van der Waals surface area (Å²) in [6.07, 6.45) is 3.96. The van der Waals surface area contributed by atoms with Crippen molar-refractivity contribution in [2.45, 2.75) is 20.4 Å². The van der Waals surface area contributed by atoms with E-state index in [2.05, 4.69) is 16.9 Å². The summed E-state index contributed by atoms with van der Waals surface area (Å²) in [5.41, 5.74) is 8.99. The van der Waals surface area contributed by atoms with E-state index in [-0.39, 0.29) is 17.0 Å². The van der Waals surface area contributed by atoms with Crippen LogP contribution in [0.15, 0.2) is 36.7 Å². The highest BCUT2D eigenvalue weighted by molar-refractivity contribution is 5.34. The maximum Gasteiger partial charge on any atom is 0.272 e. The third-order valence-corrected chi connectivity index (χ3v) is 3.12. The molecule has 0 fully saturated rings. The van der Waals surface area contributed by atoms with Gasteiger partial charge in [-0.1, -0.05) is 6.07 Å². The van der Waals surface area contributed by atoms with Gasteiger partial charge < -0.3 is 17.0 Å². The topological polar surface area (TPSA) is 60.1 Å². The van der Waals surface area contributed by atoms with E-state index in [4.69, 9.17) is 5.73 Å². The molecular formula is C14H16BrN5. The lowest BCUT2D eigenvalue weighted by Crippen LogP contribution is -3.00. The lowest BCUT2D eigenvalue weighted by atomic mass is 10.3. The number of aromatic nitrogens is 4. The maximum atomic E-state index is 5.93. The zero-order valence-corrected chi connectivity index (χ0v) is 13.0. The van der Waals surface area contributed by atoms with Crippen LogP contribution < -0.4 is 27.3 Å². The SMILES string of the molecule is Cc1cc(C)n2cc(C[n+]3ccccc3N)nc2n1.[Br-]. The van der Waals surface area contributed by atoms with Crippen molar-refractivity contribution in [2.75, 3.05) is 5.73 Å². The number of nitrogen functional groups attached to an aromatic ring is 1. The molecule has 3 rings (SSSR count). The Kier molecular flexibility index (Phi) is 4.04. The fourth-order valence-corrected chi connectivity index (χ4v) is 2.20. The average Bonchev–Trinajstić information content (AvgIpc) is 2.75. The van der Waals surface area contributed by atoms with Crippen molar-refractivity contribution in [3.63, 3.8) is 0 Å². The van der Waals surface area contributed by atoms with Crippen molar-refractivity contribution in [3.05, 3.63) is 53.7 Å². The van der Waals surface area contributed by atoms with Crippen molar-refractivity contribution in [1.29, 1.82) is 0 Å². The third-order valence-electron chi connectivity index (χ3n) is 3.12. The van der Waals surface area contributed by atoms with Crippen molar-refractivity contribution in [1.82, 2.24) is 14.4 Å². The lowest BCUT2D eigenvalue weighted by Gasteiger charge is -1.99. The molecule has 3 aromatic heterocycles. The number of rotatable bonds is 2. The Labute approximate surface area is 127 Å². The number of hydrogen-bond donors (Lipinski definition) is 1. The smallest absolute Gasteiger partial charge is 0.272 e. The largest absolute Gasteiger partial charge is 1.00 e. The Hall–Kier alpha value is -1.95. The van der Waals surface area contributed by atoms with Gasteiger partial charge in [0, 0.05) is 23.7 Å². The fraction of sp³-hybridized carbons (Fsp3) is 0.214. The molecule has 0 aliphatic rings. The van der Waals surface area contributed by atoms with Crippen LogP contribution in [-0.2, 0) is 6.54 Å². The number of aryl methyl sites for hydroxylation is 2. The van der Waals surface area contributed by atoms with Gasteiger partial charge in [0.1, 0.15) is 12.2 Å². The minimum Gasteiger partial charge on any atom is -1.00 e. The molecule has 0 bridgehead atoms. The number of halogens is 1. The highest BCUT2D eigenvalue weighted by atomic mass is 79.9. The number of imidazole rings is 1. The van der Waals surface area contributed by atoms with Crippen LogP contribution in [0.4, 0.5) is 5.82 Å². The van der Waals surface area contributed by atoms with Gasteiger partial charge in [0.15, 0.2) is 0 Å². The molecule has 0 aliphatic carbocycles. The molecule has 0 spiro atoms. The van der Waals surface area contributed by atoms with Gasteiger partial charge in [-0.25, -0.2) is 14.5 Å². The van der Waals surface area contributed by atoms with Gasteiger partial charge in [-0.2, -0.15) is 0 Å². The highest BCUT2D eigenvalue weighted by Crippen LogP contribution is 2.08. The molecular weight excluding hydrogens is 318 g/mol. The van der Waals surface area contributed by atoms with Crippen molar-refractivity contribution >= 4 is 11.6 Å². The summed E-state index contributed by atoms with van der Waals surface area (Å²) in [6.45, 7) is 4.68. The second kappa shape index (κ2) is 5.58. The summed E-state index contributed by atoms with van der Waals surface area (Å²) in [4.78, 5) is 8.98. The molecule has 6 heteroatoms. The van der Waals surface area contributed by atoms with E-state index in [1.54, 1.807) is 0 Å². The normalized spacial score (nSPS) is 10.5. The molecule has 0 atom stereocenters. The number of fused-ring (bicyclic) bond motifs is 1. The number of nitrogens with zero attached hydrogens (tertiary/aromatic N) is 4. The molecule has 0 saturated carbocycles. The Morgan fingerprint density at radius 2 is 2.05 bits per heavy atom. The predicted molar refractivity (Wildman–Crippen MR) is 72.6 cm³/mol. The minimum absolute atomic E-state index is 0. The lowest BCUT2D eigenvalue weighted by molar-refractivity contribution is -0.674. The van der Waals surface area contributed by atoms with Gasteiger partial charge in [-0.3, -0.25) is 10.1 Å². The van der Waals surface area contributed by atoms with Crippen molar-refractivity contribution in [3.8, 4) is 0 Å². The van der Waals surface area contributed by atoms with E-state index >= 15 is 0 Å². The first-order valence-corrected chi connectivity index (χ1v) is 6.19. The van der Waals surface area contributed by atoms with Crippen LogP contribution >= 0.6 is 0 Å². The van der Waals surface area contributed by atoms with Crippen LogP contribution in [0.3, 0.4) is 0 Å².